The van der Waals surface area contributed by atoms with Crippen LogP contribution in [0, 0.1) is 11.8 Å². The second-order valence-corrected chi connectivity index (χ2v) is 6.12. The van der Waals surface area contributed by atoms with Crippen LogP contribution >= 0.6 is 22.6 Å². The number of rotatable bonds is 1. The summed E-state index contributed by atoms with van der Waals surface area (Å²) >= 11 is 2.61. The van der Waals surface area contributed by atoms with Gasteiger partial charge in [-0.05, 0) is 70.1 Å². The van der Waals surface area contributed by atoms with Gasteiger partial charge in [0.1, 0.15) is 0 Å². The highest BCUT2D eigenvalue weighted by Crippen LogP contribution is 2.40. The van der Waals surface area contributed by atoms with E-state index in [1.165, 1.54) is 57.8 Å². The molecule has 2 aliphatic rings. The summed E-state index contributed by atoms with van der Waals surface area (Å²) in [6, 6.07) is 0. The van der Waals surface area contributed by atoms with Gasteiger partial charge in [-0.1, -0.05) is 31.8 Å². The molecule has 1 heteroatoms. The van der Waals surface area contributed by atoms with Crippen molar-refractivity contribution in [3.05, 3.63) is 9.66 Å². The summed E-state index contributed by atoms with van der Waals surface area (Å²) in [5.41, 5.74) is 0. The zero-order valence-corrected chi connectivity index (χ0v) is 11.1. The molecule has 2 rings (SSSR count). The van der Waals surface area contributed by atoms with Crippen molar-refractivity contribution in [2.24, 2.45) is 11.8 Å². The maximum atomic E-state index is 2.61. The summed E-state index contributed by atoms with van der Waals surface area (Å²) in [6.45, 7) is 0. The van der Waals surface area contributed by atoms with Crippen molar-refractivity contribution in [3.63, 3.8) is 0 Å². The number of hydrogen-bond donors (Lipinski definition) is 0. The van der Waals surface area contributed by atoms with Crippen molar-refractivity contribution in [1.29, 1.82) is 0 Å². The van der Waals surface area contributed by atoms with Gasteiger partial charge in [-0.3, -0.25) is 0 Å². The minimum Gasteiger partial charge on any atom is -0.0749 e. The lowest BCUT2D eigenvalue weighted by molar-refractivity contribution is 0.272. The molecule has 0 aliphatic heterocycles. The topological polar surface area (TPSA) is 0 Å². The molecule has 14 heavy (non-hydrogen) atoms. The van der Waals surface area contributed by atoms with Crippen LogP contribution in [0.25, 0.3) is 0 Å². The Morgan fingerprint density at radius 3 is 2.43 bits per heavy atom. The molecule has 2 aliphatic carbocycles. The number of halogens is 1. The van der Waals surface area contributed by atoms with Gasteiger partial charge >= 0.3 is 0 Å². The highest BCUT2D eigenvalue weighted by atomic mass is 127. The molecule has 0 unspecified atom stereocenters. The van der Waals surface area contributed by atoms with E-state index in [2.05, 4.69) is 28.7 Å². The molecule has 80 valence electrons. The predicted octanol–water partition coefficient (Wildman–Crippen LogP) is 5.08. The molecule has 1 fully saturated rings. The maximum Gasteiger partial charge on any atom is -0.00787 e. The first kappa shape index (κ1) is 11.0. The molecule has 0 aromatic rings. The molecule has 0 aromatic carbocycles. The van der Waals surface area contributed by atoms with E-state index in [1.807, 2.05) is 0 Å². The molecule has 0 heterocycles. The lowest BCUT2D eigenvalue weighted by atomic mass is 9.78. The van der Waals surface area contributed by atoms with Crippen molar-refractivity contribution in [3.8, 4) is 0 Å². The third-order valence-electron chi connectivity index (χ3n) is 3.88. The first-order valence-electron chi connectivity index (χ1n) is 6.23. The fraction of sp³-hybridized carbons (Fsp3) is 0.846. The summed E-state index contributed by atoms with van der Waals surface area (Å²) in [5.74, 6) is 1.98. The van der Waals surface area contributed by atoms with Gasteiger partial charge in [0.05, 0.1) is 0 Å². The van der Waals surface area contributed by atoms with Crippen LogP contribution in [0.1, 0.15) is 57.8 Å². The van der Waals surface area contributed by atoms with Crippen LogP contribution in [0.15, 0.2) is 9.66 Å². The largest absolute Gasteiger partial charge is 0.0749 e. The lowest BCUT2D eigenvalue weighted by Crippen LogP contribution is -2.17. The van der Waals surface area contributed by atoms with Crippen LogP contribution in [0.4, 0.5) is 0 Å². The second-order valence-electron chi connectivity index (χ2n) is 4.88. The van der Waals surface area contributed by atoms with Gasteiger partial charge < -0.3 is 0 Å². The van der Waals surface area contributed by atoms with E-state index in [-0.39, 0.29) is 0 Å². The minimum atomic E-state index is 0.943. The summed E-state index contributed by atoms with van der Waals surface area (Å²) < 4.78 is 1.69. The van der Waals surface area contributed by atoms with E-state index in [9.17, 15) is 0 Å². The third kappa shape index (κ3) is 2.74. The zero-order chi connectivity index (χ0) is 9.80. The molecule has 0 spiro atoms. The Bertz CT molecular complexity index is 201. The Labute approximate surface area is 102 Å². The van der Waals surface area contributed by atoms with E-state index >= 15 is 0 Å². The van der Waals surface area contributed by atoms with Gasteiger partial charge in [-0.15, -0.1) is 0 Å². The Morgan fingerprint density at radius 1 is 0.929 bits per heavy atom. The molecule has 0 aromatic heterocycles. The molecule has 0 nitrogen and oxygen atoms in total. The SMILES string of the molecule is IC1=CCCCC[C@@H]1C1CCCCC1. The summed E-state index contributed by atoms with van der Waals surface area (Å²) in [7, 11) is 0. The molecular formula is C13H21I. The average molecular weight is 304 g/mol. The number of allylic oxidation sites excluding steroid dienone is 2. The monoisotopic (exact) mass is 304 g/mol. The fourth-order valence-electron chi connectivity index (χ4n) is 3.04. The molecule has 1 atom stereocenters. The Hall–Kier alpha value is 0.470. The second kappa shape index (κ2) is 5.53. The summed E-state index contributed by atoms with van der Waals surface area (Å²) in [5, 5.41) is 0. The van der Waals surface area contributed by atoms with E-state index in [0.717, 1.165) is 11.8 Å². The molecule has 0 saturated heterocycles. The van der Waals surface area contributed by atoms with Gasteiger partial charge in [-0.2, -0.15) is 0 Å². The van der Waals surface area contributed by atoms with E-state index < -0.39 is 0 Å². The Morgan fingerprint density at radius 2 is 1.64 bits per heavy atom. The highest BCUT2D eigenvalue weighted by molar-refractivity contribution is 14.1. The standard InChI is InChI=1S/C13H21I/c14-13-10-6-2-5-9-12(13)11-7-3-1-4-8-11/h10-12H,1-9H2/t12-/m1/s1. The van der Waals surface area contributed by atoms with Crippen LogP contribution in [0.5, 0.6) is 0 Å². The fourth-order valence-corrected chi connectivity index (χ4v) is 4.17. The van der Waals surface area contributed by atoms with Gasteiger partial charge in [0.15, 0.2) is 0 Å². The van der Waals surface area contributed by atoms with Gasteiger partial charge in [0.2, 0.25) is 0 Å². The molecule has 0 radical (unpaired) electrons. The smallest absolute Gasteiger partial charge is 0.00787 e. The summed E-state index contributed by atoms with van der Waals surface area (Å²) in [4.78, 5) is 0. The maximum absolute atomic E-state index is 2.61. The van der Waals surface area contributed by atoms with Crippen molar-refractivity contribution >= 4 is 22.6 Å². The lowest BCUT2D eigenvalue weighted by Gasteiger charge is -2.29. The van der Waals surface area contributed by atoms with E-state index in [4.69, 9.17) is 0 Å². The first-order chi connectivity index (χ1) is 6.88. The predicted molar refractivity (Wildman–Crippen MR) is 70.6 cm³/mol. The van der Waals surface area contributed by atoms with Gasteiger partial charge in [0.25, 0.3) is 0 Å². The molecule has 0 bridgehead atoms. The van der Waals surface area contributed by atoms with Crippen LogP contribution in [-0.4, -0.2) is 0 Å². The molecule has 0 N–H and O–H groups in total. The van der Waals surface area contributed by atoms with E-state index in [1.54, 1.807) is 3.58 Å². The zero-order valence-electron chi connectivity index (χ0n) is 8.97. The normalized spacial score (nSPS) is 30.9. The Kier molecular flexibility index (Phi) is 4.33. The van der Waals surface area contributed by atoms with Crippen molar-refractivity contribution < 1.29 is 0 Å². The molecule has 1 saturated carbocycles. The van der Waals surface area contributed by atoms with Crippen LogP contribution in [0.3, 0.4) is 0 Å². The van der Waals surface area contributed by atoms with Crippen LogP contribution in [-0.2, 0) is 0 Å². The van der Waals surface area contributed by atoms with E-state index in [0.29, 0.717) is 0 Å². The first-order valence-corrected chi connectivity index (χ1v) is 7.31. The van der Waals surface area contributed by atoms with Crippen molar-refractivity contribution in [2.75, 3.05) is 0 Å². The average Bonchev–Trinajstić information content (AvgIpc) is 2.44. The molecule has 0 amide bonds. The van der Waals surface area contributed by atoms with Crippen molar-refractivity contribution in [2.45, 2.75) is 57.8 Å². The molecular weight excluding hydrogens is 283 g/mol. The summed E-state index contributed by atoms with van der Waals surface area (Å²) in [6.07, 6.45) is 15.7. The Balaban J connectivity index is 1.98. The van der Waals surface area contributed by atoms with Gasteiger partial charge in [-0.25, -0.2) is 0 Å². The van der Waals surface area contributed by atoms with Gasteiger partial charge in [0, 0.05) is 0 Å². The quantitative estimate of drug-likeness (QED) is 0.593. The van der Waals surface area contributed by atoms with Crippen molar-refractivity contribution in [1.82, 2.24) is 0 Å². The van der Waals surface area contributed by atoms with Crippen LogP contribution in [0.2, 0.25) is 0 Å². The third-order valence-corrected chi connectivity index (χ3v) is 5.12. The highest BCUT2D eigenvalue weighted by Gasteiger charge is 2.25. The number of hydrogen-bond acceptors (Lipinski definition) is 0. The minimum absolute atomic E-state index is 0.943. The van der Waals surface area contributed by atoms with Crippen LogP contribution < -0.4 is 0 Å².